The normalized spacial score (nSPS) is 15.5. The average molecular weight is 549 g/mol. The number of fused-ring (bicyclic) bond motifs is 10. The van der Waals surface area contributed by atoms with Crippen LogP contribution in [0.5, 0.6) is 0 Å². The van der Waals surface area contributed by atoms with Crippen LogP contribution in [0.3, 0.4) is 0 Å². The number of aromatic nitrogens is 3. The van der Waals surface area contributed by atoms with Crippen LogP contribution in [0.4, 0.5) is 0 Å². The third kappa shape index (κ3) is 3.03. The van der Waals surface area contributed by atoms with E-state index >= 15 is 0 Å². The highest BCUT2D eigenvalue weighted by molar-refractivity contribution is 7.23. The van der Waals surface area contributed by atoms with Gasteiger partial charge in [0.1, 0.15) is 0 Å². The van der Waals surface area contributed by atoms with E-state index in [1.54, 1.807) is 11.3 Å². The van der Waals surface area contributed by atoms with E-state index in [0.29, 0.717) is 22.5 Å². The van der Waals surface area contributed by atoms with Gasteiger partial charge in [-0.3, -0.25) is 4.57 Å². The van der Waals surface area contributed by atoms with E-state index in [1.165, 1.54) is 27.0 Å². The number of rotatable bonds is 2. The van der Waals surface area contributed by atoms with Crippen LogP contribution in [0, 0.1) is 0 Å². The zero-order chi connectivity index (χ0) is 31.6. The topological polar surface area (TPSA) is 30.7 Å². The van der Waals surface area contributed by atoms with Gasteiger partial charge in [-0.25, -0.2) is 9.97 Å². The Hall–Kier alpha value is -4.80. The molecule has 194 valence electrons. The SMILES string of the molecule is [2H]c1c([2H])c([2H])c(-c2nc(-n3c4ccccc4c4ccc5c6c(sc5c43)-c3ccccc3C6(C)C)nc3ccccc23)c([2H])c1[2H]. The van der Waals surface area contributed by atoms with Crippen molar-refractivity contribution in [1.82, 2.24) is 14.5 Å². The Kier molecular flexibility index (Phi) is 3.67. The lowest BCUT2D eigenvalue weighted by atomic mass is 9.81. The fraction of sp³-hybridized carbons (Fsp3) is 0.0811. The number of hydrogen-bond acceptors (Lipinski definition) is 3. The summed E-state index contributed by atoms with van der Waals surface area (Å²) < 4.78 is 45.7. The molecular formula is C37H25N3S. The molecular weight excluding hydrogens is 518 g/mol. The van der Waals surface area contributed by atoms with E-state index in [1.807, 2.05) is 36.4 Å². The summed E-state index contributed by atoms with van der Waals surface area (Å²) in [5.41, 5.74) is 6.67. The van der Waals surface area contributed by atoms with Crippen molar-refractivity contribution < 1.29 is 6.85 Å². The minimum atomic E-state index is -0.433. The minimum absolute atomic E-state index is 0.0604. The van der Waals surface area contributed by atoms with Crippen molar-refractivity contribution >= 4 is 54.1 Å². The first-order chi connectivity index (χ1) is 22.2. The lowest BCUT2D eigenvalue weighted by molar-refractivity contribution is 0.667. The molecule has 41 heavy (non-hydrogen) atoms. The quantitative estimate of drug-likeness (QED) is 0.215. The smallest absolute Gasteiger partial charge is 0.235 e. The van der Waals surface area contributed by atoms with Crippen molar-refractivity contribution in [3.05, 3.63) is 126 Å². The highest BCUT2D eigenvalue weighted by Crippen LogP contribution is 2.56. The molecule has 0 bridgehead atoms. The van der Waals surface area contributed by atoms with E-state index in [4.69, 9.17) is 16.8 Å². The fourth-order valence-electron chi connectivity index (χ4n) is 6.70. The van der Waals surface area contributed by atoms with Gasteiger partial charge < -0.3 is 0 Å². The molecule has 0 saturated carbocycles. The maximum atomic E-state index is 8.78. The average Bonchev–Trinajstić information content (AvgIpc) is 3.69. The third-order valence-electron chi connectivity index (χ3n) is 8.49. The van der Waals surface area contributed by atoms with Crippen LogP contribution in [-0.4, -0.2) is 14.5 Å². The predicted molar refractivity (Wildman–Crippen MR) is 172 cm³/mol. The Morgan fingerprint density at radius 3 is 2.34 bits per heavy atom. The van der Waals surface area contributed by atoms with E-state index in [0.717, 1.165) is 26.5 Å². The molecule has 0 N–H and O–H groups in total. The van der Waals surface area contributed by atoms with Crippen molar-refractivity contribution in [3.8, 4) is 27.6 Å². The van der Waals surface area contributed by atoms with Crippen LogP contribution >= 0.6 is 11.3 Å². The van der Waals surface area contributed by atoms with Crippen LogP contribution in [0.25, 0.3) is 70.4 Å². The van der Waals surface area contributed by atoms with Gasteiger partial charge in [-0.15, -0.1) is 11.3 Å². The van der Waals surface area contributed by atoms with Crippen LogP contribution in [0.2, 0.25) is 0 Å². The summed E-state index contributed by atoms with van der Waals surface area (Å²) in [5, 5.41) is 3.96. The zero-order valence-corrected chi connectivity index (χ0v) is 23.1. The van der Waals surface area contributed by atoms with E-state index < -0.39 is 18.1 Å². The van der Waals surface area contributed by atoms with E-state index in [2.05, 4.69) is 66.9 Å². The summed E-state index contributed by atoms with van der Waals surface area (Å²) in [7, 11) is 0. The lowest BCUT2D eigenvalue weighted by Gasteiger charge is -2.21. The Morgan fingerprint density at radius 1 is 0.732 bits per heavy atom. The van der Waals surface area contributed by atoms with Crippen LogP contribution < -0.4 is 0 Å². The van der Waals surface area contributed by atoms with E-state index in [-0.39, 0.29) is 23.1 Å². The first kappa shape index (κ1) is 18.5. The second-order valence-electron chi connectivity index (χ2n) is 11.1. The minimum Gasteiger partial charge on any atom is -0.276 e. The lowest BCUT2D eigenvalue weighted by Crippen LogP contribution is -2.14. The molecule has 1 aliphatic rings. The van der Waals surface area contributed by atoms with Crippen molar-refractivity contribution in [2.24, 2.45) is 0 Å². The third-order valence-corrected chi connectivity index (χ3v) is 9.73. The molecule has 9 rings (SSSR count). The highest BCUT2D eigenvalue weighted by Gasteiger charge is 2.39. The zero-order valence-electron chi connectivity index (χ0n) is 27.3. The van der Waals surface area contributed by atoms with Gasteiger partial charge in [-0.05, 0) is 34.2 Å². The molecule has 0 amide bonds. The maximum absolute atomic E-state index is 8.78. The number of benzene rings is 5. The van der Waals surface area contributed by atoms with Gasteiger partial charge >= 0.3 is 0 Å². The first-order valence-electron chi connectivity index (χ1n) is 16.1. The number of hydrogen-bond donors (Lipinski definition) is 0. The molecule has 0 radical (unpaired) electrons. The molecule has 3 aromatic heterocycles. The van der Waals surface area contributed by atoms with Gasteiger partial charge in [0.05, 0.1) is 33.8 Å². The van der Waals surface area contributed by atoms with Gasteiger partial charge in [0.25, 0.3) is 0 Å². The Labute approximate surface area is 248 Å². The molecule has 8 aromatic rings. The van der Waals surface area contributed by atoms with Gasteiger partial charge in [0.2, 0.25) is 5.95 Å². The molecule has 0 fully saturated rings. The summed E-state index contributed by atoms with van der Waals surface area (Å²) >= 11 is 1.79. The molecule has 0 atom stereocenters. The molecule has 3 nitrogen and oxygen atoms in total. The Morgan fingerprint density at radius 2 is 1.46 bits per heavy atom. The van der Waals surface area contributed by atoms with Crippen molar-refractivity contribution in [2.45, 2.75) is 19.3 Å². The predicted octanol–water partition coefficient (Wildman–Crippen LogP) is 9.91. The number of thiophene rings is 1. The summed E-state index contributed by atoms with van der Waals surface area (Å²) in [5.74, 6) is 0.382. The number of nitrogens with zero attached hydrogens (tertiary/aromatic N) is 3. The number of para-hydroxylation sites is 2. The second kappa shape index (κ2) is 8.12. The molecule has 0 spiro atoms. The van der Waals surface area contributed by atoms with Crippen molar-refractivity contribution in [1.29, 1.82) is 0 Å². The standard InChI is InChI=1S/C37H25N3S/c1-37(2)28-17-9-6-15-25(28)34-31(37)27-21-20-24-23-14-8-11-19-30(23)40(33(24)35(27)41-34)36-38-29-18-10-7-16-26(29)32(39-36)22-12-4-3-5-13-22/h3-21H,1-2H3/i3D,4D,5D,12D,13D. The Bertz CT molecular complexity index is 2610. The molecule has 3 heterocycles. The first-order valence-corrected chi connectivity index (χ1v) is 14.4. The van der Waals surface area contributed by atoms with Crippen molar-refractivity contribution in [2.75, 3.05) is 0 Å². The molecule has 5 aromatic carbocycles. The molecule has 1 aliphatic carbocycles. The molecule has 0 saturated heterocycles. The largest absolute Gasteiger partial charge is 0.276 e. The molecule has 0 unspecified atom stereocenters. The summed E-state index contributed by atoms with van der Waals surface area (Å²) in [6, 6.07) is 26.9. The fourth-order valence-corrected chi connectivity index (χ4v) is 8.24. The van der Waals surface area contributed by atoms with Gasteiger partial charge in [-0.2, -0.15) is 0 Å². The van der Waals surface area contributed by atoms with Crippen LogP contribution in [0.15, 0.2) is 115 Å². The van der Waals surface area contributed by atoms with Gasteiger partial charge in [0.15, 0.2) is 0 Å². The summed E-state index contributed by atoms with van der Waals surface area (Å²) in [6.07, 6.45) is 0. The second-order valence-corrected chi connectivity index (χ2v) is 12.1. The van der Waals surface area contributed by atoms with E-state index in [9.17, 15) is 0 Å². The highest BCUT2D eigenvalue weighted by atomic mass is 32.1. The summed E-state index contributed by atoms with van der Waals surface area (Å²) in [4.78, 5) is 11.4. The maximum Gasteiger partial charge on any atom is 0.235 e. The Balaban J connectivity index is 1.44. The van der Waals surface area contributed by atoms with Crippen LogP contribution in [0.1, 0.15) is 31.8 Å². The molecule has 4 heteroatoms. The monoisotopic (exact) mass is 548 g/mol. The van der Waals surface area contributed by atoms with Gasteiger partial charge in [-0.1, -0.05) is 117 Å². The van der Waals surface area contributed by atoms with Gasteiger partial charge in [0, 0.05) is 32.0 Å². The van der Waals surface area contributed by atoms with Crippen LogP contribution in [-0.2, 0) is 5.41 Å². The summed E-state index contributed by atoms with van der Waals surface area (Å²) in [6.45, 7) is 4.59. The molecule has 0 aliphatic heterocycles. The van der Waals surface area contributed by atoms with Crippen molar-refractivity contribution in [3.63, 3.8) is 0 Å².